The SMILES string of the molecule is CO[C@H]1CCN(c2cc(Cl)nc(SC)c2)C1. The third-order valence-electron chi connectivity index (χ3n) is 2.81. The molecular weight excluding hydrogens is 244 g/mol. The molecule has 1 saturated heterocycles. The van der Waals surface area contributed by atoms with E-state index in [9.17, 15) is 0 Å². The second-order valence-corrected chi connectivity index (χ2v) is 5.00. The number of rotatable bonds is 3. The minimum atomic E-state index is 0.338. The summed E-state index contributed by atoms with van der Waals surface area (Å²) < 4.78 is 5.35. The van der Waals surface area contributed by atoms with E-state index >= 15 is 0 Å². The fourth-order valence-electron chi connectivity index (χ4n) is 1.90. The summed E-state index contributed by atoms with van der Waals surface area (Å²) in [5.74, 6) is 0. The molecule has 0 amide bonds. The topological polar surface area (TPSA) is 25.4 Å². The lowest BCUT2D eigenvalue weighted by molar-refractivity contribution is 0.121. The lowest BCUT2D eigenvalue weighted by Gasteiger charge is -2.19. The molecule has 2 heterocycles. The molecule has 0 aliphatic carbocycles. The molecule has 1 fully saturated rings. The molecule has 3 nitrogen and oxygen atoms in total. The van der Waals surface area contributed by atoms with Crippen molar-refractivity contribution >= 4 is 29.1 Å². The van der Waals surface area contributed by atoms with E-state index in [1.165, 1.54) is 0 Å². The molecule has 1 aromatic heterocycles. The Morgan fingerprint density at radius 3 is 3.00 bits per heavy atom. The highest BCUT2D eigenvalue weighted by Gasteiger charge is 2.22. The van der Waals surface area contributed by atoms with Crippen LogP contribution >= 0.6 is 23.4 Å². The van der Waals surface area contributed by atoms with E-state index in [0.29, 0.717) is 11.3 Å². The number of hydrogen-bond donors (Lipinski definition) is 0. The van der Waals surface area contributed by atoms with E-state index in [1.54, 1.807) is 18.9 Å². The molecule has 0 saturated carbocycles. The molecule has 1 atom stereocenters. The van der Waals surface area contributed by atoms with Gasteiger partial charge < -0.3 is 9.64 Å². The van der Waals surface area contributed by atoms with Crippen LogP contribution in [0.2, 0.25) is 5.15 Å². The quantitative estimate of drug-likeness (QED) is 0.615. The molecule has 0 N–H and O–H groups in total. The Balaban J connectivity index is 2.17. The van der Waals surface area contributed by atoms with Crippen LogP contribution in [0.1, 0.15) is 6.42 Å². The fourth-order valence-corrected chi connectivity index (χ4v) is 2.58. The summed E-state index contributed by atoms with van der Waals surface area (Å²) in [6, 6.07) is 3.99. The van der Waals surface area contributed by atoms with Crippen molar-refractivity contribution in [3.8, 4) is 0 Å². The molecule has 16 heavy (non-hydrogen) atoms. The average molecular weight is 259 g/mol. The smallest absolute Gasteiger partial charge is 0.132 e. The van der Waals surface area contributed by atoms with Crippen LogP contribution in [0.5, 0.6) is 0 Å². The van der Waals surface area contributed by atoms with Gasteiger partial charge in [0.2, 0.25) is 0 Å². The Morgan fingerprint density at radius 2 is 2.38 bits per heavy atom. The van der Waals surface area contributed by atoms with Gasteiger partial charge in [-0.15, -0.1) is 11.8 Å². The van der Waals surface area contributed by atoms with Gasteiger partial charge in [0.05, 0.1) is 11.1 Å². The van der Waals surface area contributed by atoms with E-state index in [1.807, 2.05) is 12.3 Å². The monoisotopic (exact) mass is 258 g/mol. The third kappa shape index (κ3) is 2.62. The first-order valence-corrected chi connectivity index (χ1v) is 6.82. The van der Waals surface area contributed by atoms with E-state index in [-0.39, 0.29) is 0 Å². The zero-order valence-electron chi connectivity index (χ0n) is 9.44. The van der Waals surface area contributed by atoms with Crippen LogP contribution in [-0.4, -0.2) is 37.5 Å². The molecule has 1 aliphatic heterocycles. The van der Waals surface area contributed by atoms with Gasteiger partial charge in [-0.25, -0.2) is 4.98 Å². The summed E-state index contributed by atoms with van der Waals surface area (Å²) in [4.78, 5) is 6.53. The first kappa shape index (κ1) is 12.0. The van der Waals surface area contributed by atoms with E-state index < -0.39 is 0 Å². The van der Waals surface area contributed by atoms with Crippen molar-refractivity contribution in [1.29, 1.82) is 0 Å². The van der Waals surface area contributed by atoms with Gasteiger partial charge in [-0.3, -0.25) is 0 Å². The normalized spacial score (nSPS) is 20.4. The zero-order valence-corrected chi connectivity index (χ0v) is 11.0. The number of methoxy groups -OCH3 is 1. The standard InChI is InChI=1S/C11H15ClN2OS/c1-15-9-3-4-14(7-9)8-5-10(12)13-11(6-8)16-2/h5-6,9H,3-4,7H2,1-2H3/t9-/m0/s1. The molecule has 0 radical (unpaired) electrons. The van der Waals surface area contributed by atoms with Gasteiger partial charge in [0.25, 0.3) is 0 Å². The number of anilines is 1. The maximum absolute atomic E-state index is 6.00. The maximum atomic E-state index is 6.00. The van der Waals surface area contributed by atoms with Crippen molar-refractivity contribution in [3.05, 3.63) is 17.3 Å². The molecule has 5 heteroatoms. The van der Waals surface area contributed by atoms with E-state index in [2.05, 4.69) is 16.0 Å². The predicted octanol–water partition coefficient (Wildman–Crippen LogP) is 2.68. The van der Waals surface area contributed by atoms with Crippen LogP contribution < -0.4 is 4.90 Å². The van der Waals surface area contributed by atoms with Crippen LogP contribution in [0.25, 0.3) is 0 Å². The Kier molecular flexibility index (Phi) is 3.95. The minimum Gasteiger partial charge on any atom is -0.380 e. The van der Waals surface area contributed by atoms with Gasteiger partial charge in [-0.1, -0.05) is 11.6 Å². The third-order valence-corrected chi connectivity index (χ3v) is 3.63. The Morgan fingerprint density at radius 1 is 1.56 bits per heavy atom. The predicted molar refractivity (Wildman–Crippen MR) is 68.7 cm³/mol. The molecule has 88 valence electrons. The first-order chi connectivity index (χ1) is 7.72. The van der Waals surface area contributed by atoms with E-state index in [4.69, 9.17) is 16.3 Å². The molecule has 0 aromatic carbocycles. The highest BCUT2D eigenvalue weighted by atomic mass is 35.5. The zero-order chi connectivity index (χ0) is 11.5. The Hall–Kier alpha value is -0.450. The highest BCUT2D eigenvalue weighted by molar-refractivity contribution is 7.98. The van der Waals surface area contributed by atoms with Crippen molar-refractivity contribution in [2.24, 2.45) is 0 Å². The Bertz CT molecular complexity index is 375. The summed E-state index contributed by atoms with van der Waals surface area (Å²) in [5, 5.41) is 1.52. The maximum Gasteiger partial charge on any atom is 0.132 e. The van der Waals surface area contributed by atoms with Crippen LogP contribution in [0.3, 0.4) is 0 Å². The number of pyridine rings is 1. The average Bonchev–Trinajstić information content (AvgIpc) is 2.76. The summed E-state index contributed by atoms with van der Waals surface area (Å²) in [5.41, 5.74) is 1.14. The van der Waals surface area contributed by atoms with Crippen molar-refractivity contribution < 1.29 is 4.74 Å². The van der Waals surface area contributed by atoms with Crippen molar-refractivity contribution in [3.63, 3.8) is 0 Å². The molecule has 0 spiro atoms. The summed E-state index contributed by atoms with van der Waals surface area (Å²) in [6.45, 7) is 1.96. The summed E-state index contributed by atoms with van der Waals surface area (Å²) >= 11 is 7.60. The lowest BCUT2D eigenvalue weighted by atomic mass is 10.3. The van der Waals surface area contributed by atoms with Gasteiger partial charge in [0, 0.05) is 25.9 Å². The number of nitrogens with zero attached hydrogens (tertiary/aromatic N) is 2. The Labute approximate surface area is 105 Å². The molecular formula is C11H15ClN2OS. The van der Waals surface area contributed by atoms with Crippen LogP contribution in [-0.2, 0) is 4.74 Å². The molecule has 0 unspecified atom stereocenters. The number of halogens is 1. The number of hydrogen-bond acceptors (Lipinski definition) is 4. The summed E-state index contributed by atoms with van der Waals surface area (Å²) in [7, 11) is 1.76. The van der Waals surface area contributed by atoms with Crippen molar-refractivity contribution in [2.75, 3.05) is 31.4 Å². The highest BCUT2D eigenvalue weighted by Crippen LogP contribution is 2.27. The summed E-state index contributed by atoms with van der Waals surface area (Å²) in [6.07, 6.45) is 3.42. The number of thioether (sulfide) groups is 1. The minimum absolute atomic E-state index is 0.338. The molecule has 1 aliphatic rings. The van der Waals surface area contributed by atoms with Gasteiger partial charge in [-0.05, 0) is 24.8 Å². The second-order valence-electron chi connectivity index (χ2n) is 3.78. The van der Waals surface area contributed by atoms with Crippen molar-refractivity contribution in [2.45, 2.75) is 17.6 Å². The lowest BCUT2D eigenvalue weighted by Crippen LogP contribution is -2.22. The van der Waals surface area contributed by atoms with Gasteiger partial charge >= 0.3 is 0 Å². The van der Waals surface area contributed by atoms with Crippen LogP contribution in [0, 0.1) is 0 Å². The van der Waals surface area contributed by atoms with Gasteiger partial charge in [0.1, 0.15) is 5.15 Å². The fraction of sp³-hybridized carbons (Fsp3) is 0.545. The first-order valence-electron chi connectivity index (χ1n) is 5.22. The number of ether oxygens (including phenoxy) is 1. The van der Waals surface area contributed by atoms with Crippen LogP contribution in [0.15, 0.2) is 17.2 Å². The molecule has 2 rings (SSSR count). The molecule has 0 bridgehead atoms. The second kappa shape index (κ2) is 5.25. The molecule has 1 aromatic rings. The van der Waals surface area contributed by atoms with Gasteiger partial charge in [-0.2, -0.15) is 0 Å². The van der Waals surface area contributed by atoms with Crippen molar-refractivity contribution in [1.82, 2.24) is 4.98 Å². The van der Waals surface area contributed by atoms with Crippen LogP contribution in [0.4, 0.5) is 5.69 Å². The van der Waals surface area contributed by atoms with Gasteiger partial charge in [0.15, 0.2) is 0 Å². The largest absolute Gasteiger partial charge is 0.380 e. The van der Waals surface area contributed by atoms with E-state index in [0.717, 1.165) is 30.2 Å². The number of aromatic nitrogens is 1.